The van der Waals surface area contributed by atoms with E-state index in [0.29, 0.717) is 24.4 Å². The van der Waals surface area contributed by atoms with Gasteiger partial charge in [-0.1, -0.05) is 18.2 Å². The summed E-state index contributed by atoms with van der Waals surface area (Å²) in [7, 11) is 0. The molecule has 2 heterocycles. The second-order valence-electron chi connectivity index (χ2n) is 5.82. The SMILES string of the molecule is Cc1ccc(C(=O)N(CCC(N)=O)C2CCOc3ccccc32)s1. The van der Waals surface area contributed by atoms with Gasteiger partial charge in [0.05, 0.1) is 17.5 Å². The van der Waals surface area contributed by atoms with Crippen LogP contribution in [0.4, 0.5) is 0 Å². The number of carbonyl (C=O) groups is 2. The number of aryl methyl sites for hydroxylation is 1. The summed E-state index contributed by atoms with van der Waals surface area (Å²) in [6, 6.07) is 11.4. The number of para-hydroxylation sites is 1. The zero-order valence-corrected chi connectivity index (χ0v) is 14.3. The van der Waals surface area contributed by atoms with Crippen LogP contribution >= 0.6 is 11.3 Å². The molecule has 1 aromatic heterocycles. The molecule has 0 spiro atoms. The molecule has 5 nitrogen and oxygen atoms in total. The molecule has 2 N–H and O–H groups in total. The number of carbonyl (C=O) groups excluding carboxylic acids is 2. The average molecular weight is 344 g/mol. The highest BCUT2D eigenvalue weighted by molar-refractivity contribution is 7.13. The number of rotatable bonds is 5. The Morgan fingerprint density at radius 3 is 2.79 bits per heavy atom. The van der Waals surface area contributed by atoms with Crippen molar-refractivity contribution in [1.29, 1.82) is 0 Å². The van der Waals surface area contributed by atoms with Crippen molar-refractivity contribution in [2.24, 2.45) is 5.73 Å². The lowest BCUT2D eigenvalue weighted by atomic mass is 9.98. The first kappa shape index (κ1) is 16.5. The largest absolute Gasteiger partial charge is 0.493 e. The van der Waals surface area contributed by atoms with E-state index in [9.17, 15) is 9.59 Å². The van der Waals surface area contributed by atoms with E-state index >= 15 is 0 Å². The topological polar surface area (TPSA) is 72.6 Å². The van der Waals surface area contributed by atoms with E-state index in [0.717, 1.165) is 16.2 Å². The van der Waals surface area contributed by atoms with Gasteiger partial charge in [0.15, 0.2) is 0 Å². The summed E-state index contributed by atoms with van der Waals surface area (Å²) in [5.41, 5.74) is 6.29. The van der Waals surface area contributed by atoms with Crippen LogP contribution in [0.5, 0.6) is 5.75 Å². The highest BCUT2D eigenvalue weighted by Gasteiger charge is 2.31. The Hall–Kier alpha value is -2.34. The van der Waals surface area contributed by atoms with Crippen LogP contribution in [0.25, 0.3) is 0 Å². The van der Waals surface area contributed by atoms with Crippen LogP contribution in [-0.4, -0.2) is 29.9 Å². The molecule has 2 aromatic rings. The Labute approximate surface area is 145 Å². The first-order chi connectivity index (χ1) is 11.6. The third kappa shape index (κ3) is 3.43. The van der Waals surface area contributed by atoms with Crippen molar-refractivity contribution >= 4 is 23.2 Å². The predicted octanol–water partition coefficient (Wildman–Crippen LogP) is 2.90. The summed E-state index contributed by atoms with van der Waals surface area (Å²) in [5, 5.41) is 0. The molecule has 3 rings (SSSR count). The van der Waals surface area contributed by atoms with Crippen molar-refractivity contribution < 1.29 is 14.3 Å². The number of hydrogen-bond acceptors (Lipinski definition) is 4. The molecule has 1 aliphatic heterocycles. The summed E-state index contributed by atoms with van der Waals surface area (Å²) in [6.45, 7) is 2.83. The highest BCUT2D eigenvalue weighted by atomic mass is 32.1. The molecule has 0 saturated heterocycles. The van der Waals surface area contributed by atoms with Crippen molar-refractivity contribution in [3.63, 3.8) is 0 Å². The lowest BCUT2D eigenvalue weighted by Crippen LogP contribution is -2.39. The normalized spacial score (nSPS) is 16.1. The van der Waals surface area contributed by atoms with E-state index in [4.69, 9.17) is 10.5 Å². The molecule has 0 fully saturated rings. The van der Waals surface area contributed by atoms with Gasteiger partial charge in [0.1, 0.15) is 5.75 Å². The minimum Gasteiger partial charge on any atom is -0.493 e. The summed E-state index contributed by atoms with van der Waals surface area (Å²) in [4.78, 5) is 27.8. The Morgan fingerprint density at radius 2 is 2.08 bits per heavy atom. The zero-order chi connectivity index (χ0) is 17.1. The third-order valence-corrected chi connectivity index (χ3v) is 5.10. The Bertz CT molecular complexity index is 756. The van der Waals surface area contributed by atoms with Gasteiger partial charge in [-0.05, 0) is 25.1 Å². The Morgan fingerprint density at radius 1 is 1.29 bits per heavy atom. The quantitative estimate of drug-likeness (QED) is 0.906. The van der Waals surface area contributed by atoms with E-state index in [2.05, 4.69) is 0 Å². The molecule has 0 aliphatic carbocycles. The minimum absolute atomic E-state index is 0.0592. The van der Waals surface area contributed by atoms with Gasteiger partial charge >= 0.3 is 0 Å². The van der Waals surface area contributed by atoms with E-state index in [-0.39, 0.29) is 18.4 Å². The van der Waals surface area contributed by atoms with Crippen LogP contribution in [0.2, 0.25) is 0 Å². The molecule has 1 aromatic carbocycles. The summed E-state index contributed by atoms with van der Waals surface area (Å²) in [5.74, 6) is 0.333. The average Bonchev–Trinajstić information content (AvgIpc) is 3.01. The lowest BCUT2D eigenvalue weighted by molar-refractivity contribution is -0.118. The van der Waals surface area contributed by atoms with Crippen LogP contribution in [-0.2, 0) is 4.79 Å². The number of nitrogens with zero attached hydrogens (tertiary/aromatic N) is 1. The van der Waals surface area contributed by atoms with Crippen LogP contribution in [0.3, 0.4) is 0 Å². The maximum absolute atomic E-state index is 13.0. The van der Waals surface area contributed by atoms with E-state index < -0.39 is 5.91 Å². The predicted molar refractivity (Wildman–Crippen MR) is 93.2 cm³/mol. The molecule has 6 heteroatoms. The molecule has 0 bridgehead atoms. The van der Waals surface area contributed by atoms with Gasteiger partial charge in [0.2, 0.25) is 5.91 Å². The monoisotopic (exact) mass is 344 g/mol. The molecule has 0 radical (unpaired) electrons. The Kier molecular flexibility index (Phi) is 4.85. The number of hydrogen-bond donors (Lipinski definition) is 1. The fraction of sp³-hybridized carbons (Fsp3) is 0.333. The highest BCUT2D eigenvalue weighted by Crippen LogP contribution is 2.37. The molecule has 24 heavy (non-hydrogen) atoms. The lowest BCUT2D eigenvalue weighted by Gasteiger charge is -2.35. The first-order valence-corrected chi connectivity index (χ1v) is 8.75. The molecule has 1 atom stereocenters. The fourth-order valence-electron chi connectivity index (χ4n) is 2.97. The first-order valence-electron chi connectivity index (χ1n) is 7.93. The number of amides is 2. The van der Waals surface area contributed by atoms with Crippen LogP contribution in [0.15, 0.2) is 36.4 Å². The number of thiophene rings is 1. The van der Waals surface area contributed by atoms with Gasteiger partial charge in [-0.3, -0.25) is 9.59 Å². The molecular formula is C18H20N2O3S. The summed E-state index contributed by atoms with van der Waals surface area (Å²) >= 11 is 1.47. The molecule has 2 amide bonds. The summed E-state index contributed by atoms with van der Waals surface area (Å²) < 4.78 is 5.69. The minimum atomic E-state index is -0.407. The number of primary amides is 1. The maximum atomic E-state index is 13.0. The van der Waals surface area contributed by atoms with E-state index in [1.165, 1.54) is 11.3 Å². The molecule has 1 aliphatic rings. The van der Waals surface area contributed by atoms with E-state index in [1.807, 2.05) is 43.3 Å². The van der Waals surface area contributed by atoms with Gasteiger partial charge in [-0.2, -0.15) is 0 Å². The van der Waals surface area contributed by atoms with Crippen LogP contribution in [0, 0.1) is 6.92 Å². The molecule has 126 valence electrons. The number of ether oxygens (including phenoxy) is 1. The van der Waals surface area contributed by atoms with Gasteiger partial charge in [-0.25, -0.2) is 0 Å². The number of benzene rings is 1. The molecule has 1 unspecified atom stereocenters. The zero-order valence-electron chi connectivity index (χ0n) is 13.5. The summed E-state index contributed by atoms with van der Waals surface area (Å²) in [6.07, 6.45) is 0.849. The number of nitrogens with two attached hydrogens (primary N) is 1. The fourth-order valence-corrected chi connectivity index (χ4v) is 3.79. The van der Waals surface area contributed by atoms with Crippen molar-refractivity contribution in [1.82, 2.24) is 4.90 Å². The van der Waals surface area contributed by atoms with Crippen molar-refractivity contribution in [3.8, 4) is 5.75 Å². The number of fused-ring (bicyclic) bond motifs is 1. The van der Waals surface area contributed by atoms with Crippen LogP contribution in [0.1, 0.15) is 39.0 Å². The van der Waals surface area contributed by atoms with Gasteiger partial charge in [0, 0.05) is 29.8 Å². The van der Waals surface area contributed by atoms with Gasteiger partial charge in [-0.15, -0.1) is 11.3 Å². The Balaban J connectivity index is 1.93. The van der Waals surface area contributed by atoms with Crippen LogP contribution < -0.4 is 10.5 Å². The molecular weight excluding hydrogens is 324 g/mol. The van der Waals surface area contributed by atoms with E-state index in [1.54, 1.807) is 4.90 Å². The van der Waals surface area contributed by atoms with Gasteiger partial charge in [0.25, 0.3) is 5.91 Å². The molecule has 0 saturated carbocycles. The smallest absolute Gasteiger partial charge is 0.264 e. The standard InChI is InChI=1S/C18H20N2O3S/c1-12-6-7-16(24-12)18(22)20(10-8-17(19)21)14-9-11-23-15-5-3-2-4-13(14)15/h2-7,14H,8-11H2,1H3,(H2,19,21). The van der Waals surface area contributed by atoms with Gasteiger partial charge < -0.3 is 15.4 Å². The maximum Gasteiger partial charge on any atom is 0.264 e. The third-order valence-electron chi connectivity index (χ3n) is 4.11. The second kappa shape index (κ2) is 7.05. The van der Waals surface area contributed by atoms with Crippen molar-refractivity contribution in [2.75, 3.05) is 13.2 Å². The van der Waals surface area contributed by atoms with Crippen molar-refractivity contribution in [2.45, 2.75) is 25.8 Å². The second-order valence-corrected chi connectivity index (χ2v) is 7.10. The van der Waals surface area contributed by atoms with Crippen molar-refractivity contribution in [3.05, 3.63) is 51.7 Å².